The molecule has 1 heterocycles. The first-order valence-corrected chi connectivity index (χ1v) is 10.4. The molecular formula is C9H17I2NO3-2. The minimum atomic E-state index is -0.396. The van der Waals surface area contributed by atoms with Gasteiger partial charge in [0, 0.05) is 0 Å². The maximum atomic E-state index is 11.8. The molecule has 1 saturated heterocycles. The van der Waals surface area contributed by atoms with Gasteiger partial charge in [-0.15, -0.1) is 0 Å². The van der Waals surface area contributed by atoms with E-state index in [9.17, 15) is 4.79 Å². The van der Waals surface area contributed by atoms with E-state index in [-0.39, 0.29) is 58.5 Å². The number of alkyl halides is 3. The van der Waals surface area contributed by atoms with Crippen molar-refractivity contribution in [3.05, 3.63) is 0 Å². The Hall–Kier alpha value is 0.850. The van der Waals surface area contributed by atoms with E-state index in [1.807, 2.05) is 13.8 Å². The average Bonchev–Trinajstić information content (AvgIpc) is 2.99. The van der Waals surface area contributed by atoms with Gasteiger partial charge in [-0.05, 0) is 0 Å². The second kappa shape index (κ2) is 6.55. The summed E-state index contributed by atoms with van der Waals surface area (Å²) in [6, 6.07) is 0. The zero-order valence-corrected chi connectivity index (χ0v) is 13.6. The van der Waals surface area contributed by atoms with Crippen LogP contribution >= 0.6 is 0 Å². The van der Waals surface area contributed by atoms with E-state index in [0.717, 1.165) is 0 Å². The monoisotopic (exact) mass is 441 g/mol. The molecule has 4 nitrogen and oxygen atoms in total. The molecule has 0 radical (unpaired) electrons. The van der Waals surface area contributed by atoms with E-state index in [4.69, 9.17) is 9.47 Å². The van der Waals surface area contributed by atoms with E-state index in [1.165, 1.54) is 0 Å². The van der Waals surface area contributed by atoms with Crippen LogP contribution in [0.2, 0.25) is 0 Å². The van der Waals surface area contributed by atoms with Gasteiger partial charge >= 0.3 is 113 Å². The Morgan fingerprint density at radius 2 is 2.13 bits per heavy atom. The minimum absolute atomic E-state index is 0.0689. The van der Waals surface area contributed by atoms with Crippen LogP contribution in [0.3, 0.4) is 0 Å². The normalized spacial score (nSPS) is 24.5. The maximum absolute atomic E-state index is 11.8. The van der Waals surface area contributed by atoms with Crippen LogP contribution in [0, 0.1) is 5.92 Å². The third kappa shape index (κ3) is 4.31. The van der Waals surface area contributed by atoms with Gasteiger partial charge in [-0.1, -0.05) is 0 Å². The number of methoxy groups -OCH3 is 1. The summed E-state index contributed by atoms with van der Waals surface area (Å²) in [5.74, 6) is 0.136. The average molecular weight is 441 g/mol. The number of rotatable bonds is 6. The van der Waals surface area contributed by atoms with Crippen molar-refractivity contribution in [2.45, 2.75) is 28.1 Å². The number of ether oxygens (including phenoxy) is 2. The van der Waals surface area contributed by atoms with Crippen molar-refractivity contribution in [3.8, 4) is 0 Å². The van der Waals surface area contributed by atoms with Gasteiger partial charge in [-0.25, -0.2) is 0 Å². The fourth-order valence-corrected chi connectivity index (χ4v) is 7.17. The summed E-state index contributed by atoms with van der Waals surface area (Å²) >= 11 is -0.0152. The van der Waals surface area contributed by atoms with Crippen molar-refractivity contribution in [1.82, 2.24) is 3.53 Å². The Balaban J connectivity index is 2.44. The van der Waals surface area contributed by atoms with Gasteiger partial charge in [-0.3, -0.25) is 0 Å². The van der Waals surface area contributed by atoms with E-state index in [2.05, 4.69) is 8.46 Å². The van der Waals surface area contributed by atoms with Gasteiger partial charge < -0.3 is 0 Å². The number of esters is 1. The fourth-order valence-electron chi connectivity index (χ4n) is 1.10. The van der Waals surface area contributed by atoms with Crippen molar-refractivity contribution in [3.63, 3.8) is 0 Å². The first-order valence-electron chi connectivity index (χ1n) is 4.69. The number of hydrogen-bond acceptors (Lipinski definition) is 4. The molecule has 0 aromatic carbocycles. The molecular weight excluding hydrogens is 424 g/mol. The molecule has 1 aliphatic rings. The number of halogens is 2. The standard InChI is InChI=1S/C9H17I2NO3/c1-5(2)9(14-4)15-8(13)6(10-3)7-11-12-7/h5-7,9,12H,1-4H3/q-2. The fraction of sp³-hybridized carbons (Fsp3) is 0.889. The van der Waals surface area contributed by atoms with Gasteiger partial charge in [0.15, 0.2) is 0 Å². The number of nitrogens with one attached hydrogen (secondary N) is 1. The molecule has 3 unspecified atom stereocenters. The zero-order valence-electron chi connectivity index (χ0n) is 9.29. The number of carbonyl (C=O) groups excluding carboxylic acids is 1. The summed E-state index contributed by atoms with van der Waals surface area (Å²) in [7, 11) is 1.58. The van der Waals surface area contributed by atoms with Gasteiger partial charge in [0.1, 0.15) is 0 Å². The van der Waals surface area contributed by atoms with Crippen LogP contribution < -0.4 is 46.2 Å². The molecule has 0 saturated carbocycles. The Bertz CT molecular complexity index is 221. The molecule has 1 fully saturated rings. The Labute approximate surface area is 112 Å². The van der Waals surface area contributed by atoms with Crippen molar-refractivity contribution < 1.29 is 57.0 Å². The summed E-state index contributed by atoms with van der Waals surface area (Å²) < 4.78 is 14.4. The molecule has 0 spiro atoms. The van der Waals surface area contributed by atoms with Crippen molar-refractivity contribution in [2.75, 3.05) is 12.0 Å². The summed E-state index contributed by atoms with van der Waals surface area (Å²) in [6.45, 7) is 3.97. The van der Waals surface area contributed by atoms with Crippen LogP contribution in [0.25, 0.3) is 0 Å². The predicted molar refractivity (Wildman–Crippen MR) is 48.4 cm³/mol. The zero-order chi connectivity index (χ0) is 11.4. The van der Waals surface area contributed by atoms with Crippen LogP contribution in [-0.2, 0) is 14.3 Å². The van der Waals surface area contributed by atoms with Crippen LogP contribution in [0.4, 0.5) is 0 Å². The van der Waals surface area contributed by atoms with Crippen molar-refractivity contribution in [2.24, 2.45) is 5.92 Å². The molecule has 1 rings (SSSR count). The van der Waals surface area contributed by atoms with Crippen molar-refractivity contribution in [1.29, 1.82) is 0 Å². The summed E-state index contributed by atoms with van der Waals surface area (Å²) in [5.41, 5.74) is 0. The van der Waals surface area contributed by atoms with Gasteiger partial charge in [0.25, 0.3) is 0 Å². The van der Waals surface area contributed by atoms with Crippen LogP contribution in [0.15, 0.2) is 0 Å². The number of hydrogen-bond donors (Lipinski definition) is 1. The van der Waals surface area contributed by atoms with Gasteiger partial charge in [0.2, 0.25) is 0 Å². The second-order valence-electron chi connectivity index (χ2n) is 3.52. The van der Waals surface area contributed by atoms with Gasteiger partial charge in [-0.2, -0.15) is 0 Å². The molecule has 15 heavy (non-hydrogen) atoms. The first kappa shape index (κ1) is 13.9. The molecule has 0 bridgehead atoms. The second-order valence-corrected chi connectivity index (χ2v) is 8.70. The first-order chi connectivity index (χ1) is 7.10. The Kier molecular flexibility index (Phi) is 6.08. The predicted octanol–water partition coefficient (Wildman–Crippen LogP) is -5.82. The third-order valence-corrected chi connectivity index (χ3v) is 7.97. The molecule has 1 aliphatic heterocycles. The molecule has 0 aliphatic carbocycles. The van der Waals surface area contributed by atoms with Crippen LogP contribution in [-0.4, -0.2) is 32.3 Å². The van der Waals surface area contributed by atoms with E-state index >= 15 is 0 Å². The van der Waals surface area contributed by atoms with Crippen molar-refractivity contribution >= 4 is 5.97 Å². The molecule has 0 aromatic heterocycles. The SMILES string of the molecule is COC(OC(=O)C([I-]C)C1N[I-]1)C(C)C. The summed E-state index contributed by atoms with van der Waals surface area (Å²) in [6.07, 6.45) is -0.396. The Morgan fingerprint density at radius 1 is 1.53 bits per heavy atom. The number of carbonyl (C=O) groups is 1. The van der Waals surface area contributed by atoms with E-state index < -0.39 is 6.29 Å². The molecule has 1 N–H and O–H groups in total. The molecule has 3 atom stereocenters. The topological polar surface area (TPSA) is 57.5 Å². The van der Waals surface area contributed by atoms with Crippen LogP contribution in [0.5, 0.6) is 0 Å². The molecule has 0 amide bonds. The van der Waals surface area contributed by atoms with E-state index in [1.54, 1.807) is 7.11 Å². The molecule has 6 heteroatoms. The van der Waals surface area contributed by atoms with Gasteiger partial charge in [0.05, 0.1) is 0 Å². The molecule has 92 valence electrons. The van der Waals surface area contributed by atoms with Crippen LogP contribution in [0.1, 0.15) is 13.8 Å². The third-order valence-electron chi connectivity index (χ3n) is 1.96. The summed E-state index contributed by atoms with van der Waals surface area (Å²) in [5, 5.41) is 0. The Morgan fingerprint density at radius 3 is 2.47 bits per heavy atom. The van der Waals surface area contributed by atoms with E-state index in [0.29, 0.717) is 4.05 Å². The quantitative estimate of drug-likeness (QED) is 0.0850. The molecule has 0 aromatic rings. The summed E-state index contributed by atoms with van der Waals surface area (Å²) in [4.78, 5) is 14.0.